The molecular formula is C14H10O3. The second-order valence-corrected chi connectivity index (χ2v) is 3.47. The Labute approximate surface area is 98.3 Å². The molecule has 0 radical (unpaired) electrons. The number of carbonyl (C=O) groups is 2. The standard InChI is InChI=1S/C14H10O3/c1-2-13(15)17-14(16)12-8-7-10-5-3-4-6-11(10)9-12/h2-9H,1H2. The number of fused-ring (bicyclic) bond motifs is 1. The van der Waals surface area contributed by atoms with E-state index in [1.54, 1.807) is 12.1 Å². The first-order valence-corrected chi connectivity index (χ1v) is 5.08. The summed E-state index contributed by atoms with van der Waals surface area (Å²) in [5.74, 6) is -1.41. The summed E-state index contributed by atoms with van der Waals surface area (Å²) in [6.45, 7) is 3.23. The number of esters is 2. The molecule has 0 aliphatic heterocycles. The predicted molar refractivity (Wildman–Crippen MR) is 64.6 cm³/mol. The molecule has 0 heterocycles. The number of carbonyl (C=O) groups excluding carboxylic acids is 2. The summed E-state index contributed by atoms with van der Waals surface area (Å²) in [6, 6.07) is 12.8. The molecule has 3 heteroatoms. The maximum Gasteiger partial charge on any atom is 0.346 e. The molecule has 0 saturated heterocycles. The molecule has 0 N–H and O–H groups in total. The molecule has 0 bridgehead atoms. The van der Waals surface area contributed by atoms with Crippen molar-refractivity contribution in [2.45, 2.75) is 0 Å². The molecule has 0 aliphatic rings. The zero-order valence-corrected chi connectivity index (χ0v) is 9.05. The lowest BCUT2D eigenvalue weighted by molar-refractivity contribution is -0.132. The Morgan fingerprint density at radius 2 is 1.76 bits per heavy atom. The third kappa shape index (κ3) is 2.39. The van der Waals surface area contributed by atoms with Crippen LogP contribution in [0, 0.1) is 0 Å². The summed E-state index contributed by atoms with van der Waals surface area (Å²) in [7, 11) is 0. The van der Waals surface area contributed by atoms with Crippen molar-refractivity contribution in [3.63, 3.8) is 0 Å². The maximum atomic E-state index is 11.6. The van der Waals surface area contributed by atoms with E-state index < -0.39 is 11.9 Å². The quantitative estimate of drug-likeness (QED) is 0.449. The van der Waals surface area contributed by atoms with Crippen LogP contribution in [-0.2, 0) is 9.53 Å². The van der Waals surface area contributed by atoms with Gasteiger partial charge in [0.25, 0.3) is 0 Å². The van der Waals surface area contributed by atoms with Gasteiger partial charge in [-0.1, -0.05) is 36.9 Å². The van der Waals surface area contributed by atoms with Crippen molar-refractivity contribution in [3.8, 4) is 0 Å². The van der Waals surface area contributed by atoms with Crippen LogP contribution >= 0.6 is 0 Å². The molecule has 0 saturated carbocycles. The highest BCUT2D eigenvalue weighted by atomic mass is 16.6. The summed E-state index contributed by atoms with van der Waals surface area (Å²) in [5.41, 5.74) is 0.346. The van der Waals surface area contributed by atoms with Gasteiger partial charge in [-0.15, -0.1) is 0 Å². The second kappa shape index (κ2) is 4.61. The van der Waals surface area contributed by atoms with E-state index in [4.69, 9.17) is 0 Å². The highest BCUT2D eigenvalue weighted by Gasteiger charge is 2.10. The van der Waals surface area contributed by atoms with Crippen molar-refractivity contribution in [2.24, 2.45) is 0 Å². The third-order valence-corrected chi connectivity index (χ3v) is 2.35. The molecular weight excluding hydrogens is 216 g/mol. The fourth-order valence-electron chi connectivity index (χ4n) is 1.51. The summed E-state index contributed by atoms with van der Waals surface area (Å²) < 4.78 is 4.54. The summed E-state index contributed by atoms with van der Waals surface area (Å²) in [4.78, 5) is 22.5. The average molecular weight is 226 g/mol. The van der Waals surface area contributed by atoms with E-state index in [9.17, 15) is 9.59 Å². The van der Waals surface area contributed by atoms with Gasteiger partial charge >= 0.3 is 11.9 Å². The molecule has 0 aromatic heterocycles. The molecule has 0 spiro atoms. The van der Waals surface area contributed by atoms with E-state index in [0.717, 1.165) is 16.8 Å². The van der Waals surface area contributed by atoms with Crippen molar-refractivity contribution in [1.29, 1.82) is 0 Å². The summed E-state index contributed by atoms with van der Waals surface area (Å²) in [5, 5.41) is 1.95. The Bertz CT molecular complexity index is 599. The monoisotopic (exact) mass is 226 g/mol. The SMILES string of the molecule is C=CC(=O)OC(=O)c1ccc2ccccc2c1. The first-order valence-electron chi connectivity index (χ1n) is 5.08. The molecule has 17 heavy (non-hydrogen) atoms. The lowest BCUT2D eigenvalue weighted by Gasteiger charge is -2.02. The smallest absolute Gasteiger partial charge is 0.346 e. The van der Waals surface area contributed by atoms with Crippen molar-refractivity contribution in [3.05, 3.63) is 60.7 Å². The van der Waals surface area contributed by atoms with Crippen LogP contribution in [0.5, 0.6) is 0 Å². The van der Waals surface area contributed by atoms with E-state index in [-0.39, 0.29) is 0 Å². The van der Waals surface area contributed by atoms with Crippen molar-refractivity contribution >= 4 is 22.7 Å². The van der Waals surface area contributed by atoms with Crippen LogP contribution in [0.4, 0.5) is 0 Å². The van der Waals surface area contributed by atoms with Crippen LogP contribution in [0.25, 0.3) is 10.8 Å². The van der Waals surface area contributed by atoms with E-state index in [1.807, 2.05) is 30.3 Å². The van der Waals surface area contributed by atoms with E-state index >= 15 is 0 Å². The van der Waals surface area contributed by atoms with Gasteiger partial charge in [-0.2, -0.15) is 0 Å². The van der Waals surface area contributed by atoms with Gasteiger partial charge in [0.05, 0.1) is 5.56 Å². The number of hydrogen-bond acceptors (Lipinski definition) is 3. The molecule has 2 aromatic carbocycles. The molecule has 0 unspecified atom stereocenters. The second-order valence-electron chi connectivity index (χ2n) is 3.47. The van der Waals surface area contributed by atoms with Crippen LogP contribution in [0.1, 0.15) is 10.4 Å². The van der Waals surface area contributed by atoms with Crippen molar-refractivity contribution in [2.75, 3.05) is 0 Å². The molecule has 2 aromatic rings. The zero-order valence-electron chi connectivity index (χ0n) is 9.05. The number of benzene rings is 2. The van der Waals surface area contributed by atoms with E-state index in [2.05, 4.69) is 11.3 Å². The van der Waals surface area contributed by atoms with Gasteiger partial charge in [-0.05, 0) is 22.9 Å². The van der Waals surface area contributed by atoms with Gasteiger partial charge in [-0.25, -0.2) is 9.59 Å². The van der Waals surface area contributed by atoms with Crippen LogP contribution < -0.4 is 0 Å². The first-order chi connectivity index (χ1) is 8.20. The fourth-order valence-corrected chi connectivity index (χ4v) is 1.51. The molecule has 2 rings (SSSR count). The van der Waals surface area contributed by atoms with Crippen molar-refractivity contribution < 1.29 is 14.3 Å². The van der Waals surface area contributed by atoms with Crippen LogP contribution in [0.2, 0.25) is 0 Å². The Morgan fingerprint density at radius 3 is 2.47 bits per heavy atom. The van der Waals surface area contributed by atoms with Crippen LogP contribution in [0.3, 0.4) is 0 Å². The first kappa shape index (κ1) is 11.1. The highest BCUT2D eigenvalue weighted by Crippen LogP contribution is 2.16. The highest BCUT2D eigenvalue weighted by molar-refractivity contribution is 6.02. The molecule has 0 fully saturated rings. The third-order valence-electron chi connectivity index (χ3n) is 2.35. The van der Waals surface area contributed by atoms with Gasteiger partial charge < -0.3 is 4.74 Å². The molecule has 84 valence electrons. The summed E-state index contributed by atoms with van der Waals surface area (Å²) in [6.07, 6.45) is 0.957. The molecule has 0 atom stereocenters. The zero-order chi connectivity index (χ0) is 12.3. The minimum absolute atomic E-state index is 0.346. The number of rotatable bonds is 2. The van der Waals surface area contributed by atoms with Gasteiger partial charge in [0.1, 0.15) is 0 Å². The Morgan fingerprint density at radius 1 is 1.06 bits per heavy atom. The molecule has 3 nitrogen and oxygen atoms in total. The largest absolute Gasteiger partial charge is 0.386 e. The van der Waals surface area contributed by atoms with E-state index in [0.29, 0.717) is 5.56 Å². The normalized spacial score (nSPS) is 9.88. The average Bonchev–Trinajstić information content (AvgIpc) is 2.38. The van der Waals surface area contributed by atoms with Crippen molar-refractivity contribution in [1.82, 2.24) is 0 Å². The minimum atomic E-state index is -0.747. The number of ether oxygens (including phenoxy) is 1. The molecule has 0 aliphatic carbocycles. The lowest BCUT2D eigenvalue weighted by Crippen LogP contribution is -2.09. The summed E-state index contributed by atoms with van der Waals surface area (Å²) >= 11 is 0. The topological polar surface area (TPSA) is 43.4 Å². The van der Waals surface area contributed by atoms with Gasteiger partial charge in [0.15, 0.2) is 0 Å². The fraction of sp³-hybridized carbons (Fsp3) is 0. The Balaban J connectivity index is 2.33. The molecule has 0 amide bonds. The number of hydrogen-bond donors (Lipinski definition) is 0. The Hall–Kier alpha value is -2.42. The lowest BCUT2D eigenvalue weighted by atomic mass is 10.1. The predicted octanol–water partition coefficient (Wildman–Crippen LogP) is 2.71. The van der Waals surface area contributed by atoms with E-state index in [1.165, 1.54) is 0 Å². The maximum absolute atomic E-state index is 11.6. The Kier molecular flexibility index (Phi) is 3.01. The minimum Gasteiger partial charge on any atom is -0.386 e. The van der Waals surface area contributed by atoms with Crippen LogP contribution in [-0.4, -0.2) is 11.9 Å². The van der Waals surface area contributed by atoms with Gasteiger partial charge in [-0.3, -0.25) is 0 Å². The van der Waals surface area contributed by atoms with Gasteiger partial charge in [0.2, 0.25) is 0 Å². The van der Waals surface area contributed by atoms with Gasteiger partial charge in [0, 0.05) is 6.08 Å². The van der Waals surface area contributed by atoms with Crippen LogP contribution in [0.15, 0.2) is 55.1 Å².